The van der Waals surface area contributed by atoms with E-state index < -0.39 is 11.4 Å². The summed E-state index contributed by atoms with van der Waals surface area (Å²) in [7, 11) is 0. The van der Waals surface area contributed by atoms with Crippen molar-refractivity contribution in [3.8, 4) is 0 Å². The second-order valence-electron chi connectivity index (χ2n) is 0.842. The summed E-state index contributed by atoms with van der Waals surface area (Å²) in [6, 6.07) is 0. The van der Waals surface area contributed by atoms with Gasteiger partial charge in [-0.15, -0.1) is 0 Å². The summed E-state index contributed by atoms with van der Waals surface area (Å²) >= 11 is 4.48. The third-order valence-electron chi connectivity index (χ3n) is 0.336. The monoisotopic (exact) mass is 124 g/mol. The highest BCUT2D eigenvalue weighted by Crippen LogP contribution is 1.90. The van der Waals surface area contributed by atoms with E-state index in [-0.39, 0.29) is 6.29 Å². The fourth-order valence-corrected chi connectivity index (χ4v) is 0.105. The first-order valence-corrected chi connectivity index (χ1v) is 1.85. The smallest absolute Gasteiger partial charge is 0.263 e. The molecule has 1 unspecified atom stereocenters. The molecule has 0 radical (unpaired) electrons. The number of aldehydes is 1. The molecule has 0 saturated heterocycles. The zero-order valence-corrected chi connectivity index (χ0v) is 3.98. The summed E-state index contributed by atoms with van der Waals surface area (Å²) in [6.45, 7) is 0. The largest absolute Gasteiger partial charge is 0.300 e. The van der Waals surface area contributed by atoms with Crippen LogP contribution in [-0.4, -0.2) is 17.7 Å². The highest BCUT2D eigenvalue weighted by atomic mass is 35.5. The van der Waals surface area contributed by atoms with Crippen LogP contribution in [-0.2, 0) is 9.59 Å². The van der Waals surface area contributed by atoms with Crippen molar-refractivity contribution in [2.75, 3.05) is 0 Å². The van der Waals surface area contributed by atoms with E-state index in [1.165, 1.54) is 0 Å². The molecule has 7 heavy (non-hydrogen) atoms. The van der Waals surface area contributed by atoms with Gasteiger partial charge in [-0.3, -0.25) is 9.59 Å². The molecule has 0 N–H and O–H groups in total. The molecular weight excluding hydrogens is 122 g/mol. The quantitative estimate of drug-likeness (QED) is 0.301. The lowest BCUT2D eigenvalue weighted by atomic mass is 10.5. The van der Waals surface area contributed by atoms with Crippen LogP contribution in [0.3, 0.4) is 0 Å². The Kier molecular flexibility index (Phi) is 2.52. The number of halogens is 2. The Labute approximate surface area is 44.3 Å². The Hall–Kier alpha value is -0.440. The molecule has 0 aromatic carbocycles. The molecule has 4 heteroatoms. The normalized spacial score (nSPS) is 12.9. The molecule has 0 bridgehead atoms. The summed E-state index contributed by atoms with van der Waals surface area (Å²) in [4.78, 5) is 18.8. The Morgan fingerprint density at radius 3 is 2.29 bits per heavy atom. The van der Waals surface area contributed by atoms with Crippen LogP contribution in [0.4, 0.5) is 4.39 Å². The Bertz CT molecular complexity index is 92.9. The van der Waals surface area contributed by atoms with E-state index in [4.69, 9.17) is 0 Å². The van der Waals surface area contributed by atoms with E-state index in [0.717, 1.165) is 0 Å². The first kappa shape index (κ1) is 6.56. The number of hydrogen-bond donors (Lipinski definition) is 0. The van der Waals surface area contributed by atoms with Gasteiger partial charge in [0.2, 0.25) is 6.17 Å². The minimum absolute atomic E-state index is 0.157. The van der Waals surface area contributed by atoms with Gasteiger partial charge in [-0.1, -0.05) is 0 Å². The summed E-state index contributed by atoms with van der Waals surface area (Å²) < 4.78 is 11.4. The Morgan fingerprint density at radius 2 is 2.29 bits per heavy atom. The van der Waals surface area contributed by atoms with Crippen LogP contribution in [0.25, 0.3) is 0 Å². The number of rotatable bonds is 2. The highest BCUT2D eigenvalue weighted by Gasteiger charge is 2.10. The third-order valence-corrected chi connectivity index (χ3v) is 0.545. The van der Waals surface area contributed by atoms with Crippen molar-refractivity contribution in [2.45, 2.75) is 6.17 Å². The maximum Gasteiger partial charge on any atom is 0.263 e. The molecule has 0 spiro atoms. The number of carbonyl (C=O) groups excluding carboxylic acids is 2. The molecule has 0 rings (SSSR count). The lowest BCUT2D eigenvalue weighted by molar-refractivity contribution is -0.122. The van der Waals surface area contributed by atoms with E-state index in [1.807, 2.05) is 0 Å². The van der Waals surface area contributed by atoms with Crippen molar-refractivity contribution in [2.24, 2.45) is 0 Å². The second kappa shape index (κ2) is 2.69. The van der Waals surface area contributed by atoms with Crippen molar-refractivity contribution in [3.05, 3.63) is 0 Å². The van der Waals surface area contributed by atoms with Crippen LogP contribution in [0.2, 0.25) is 0 Å². The predicted molar refractivity (Wildman–Crippen MR) is 21.8 cm³/mol. The number of carbonyl (C=O) groups is 2. The van der Waals surface area contributed by atoms with Crippen molar-refractivity contribution in [3.63, 3.8) is 0 Å². The molecule has 0 saturated carbocycles. The van der Waals surface area contributed by atoms with E-state index >= 15 is 0 Å². The van der Waals surface area contributed by atoms with Crippen LogP contribution in [0.5, 0.6) is 0 Å². The van der Waals surface area contributed by atoms with E-state index in [1.54, 1.807) is 0 Å². The molecule has 0 aliphatic heterocycles. The molecule has 0 fully saturated rings. The molecular formula is C3H2ClFO2. The zero-order valence-electron chi connectivity index (χ0n) is 3.23. The molecule has 2 nitrogen and oxygen atoms in total. The molecule has 0 amide bonds. The maximum absolute atomic E-state index is 11.4. The van der Waals surface area contributed by atoms with Gasteiger partial charge < -0.3 is 0 Å². The van der Waals surface area contributed by atoms with Crippen LogP contribution >= 0.6 is 11.6 Å². The summed E-state index contributed by atoms with van der Waals surface area (Å²) in [5.41, 5.74) is 0. The van der Waals surface area contributed by atoms with E-state index in [0.29, 0.717) is 0 Å². The van der Waals surface area contributed by atoms with Gasteiger partial charge in [0.15, 0.2) is 6.29 Å². The molecule has 0 aromatic rings. The van der Waals surface area contributed by atoms with Crippen molar-refractivity contribution in [1.82, 2.24) is 0 Å². The molecule has 0 heterocycles. The van der Waals surface area contributed by atoms with Crippen LogP contribution in [0.15, 0.2) is 0 Å². The van der Waals surface area contributed by atoms with Crippen LogP contribution in [0.1, 0.15) is 0 Å². The first-order valence-electron chi connectivity index (χ1n) is 1.47. The van der Waals surface area contributed by atoms with Gasteiger partial charge in [-0.2, -0.15) is 0 Å². The van der Waals surface area contributed by atoms with Gasteiger partial charge in [0.1, 0.15) is 0 Å². The van der Waals surface area contributed by atoms with E-state index in [9.17, 15) is 14.0 Å². The van der Waals surface area contributed by atoms with Crippen molar-refractivity contribution >= 4 is 23.1 Å². The number of hydrogen-bond acceptors (Lipinski definition) is 2. The van der Waals surface area contributed by atoms with Crippen molar-refractivity contribution < 1.29 is 14.0 Å². The van der Waals surface area contributed by atoms with Gasteiger partial charge in [0.05, 0.1) is 0 Å². The third kappa shape index (κ3) is 2.28. The maximum atomic E-state index is 11.4. The summed E-state index contributed by atoms with van der Waals surface area (Å²) in [6.07, 6.45) is -2.31. The van der Waals surface area contributed by atoms with Gasteiger partial charge in [-0.25, -0.2) is 4.39 Å². The summed E-state index contributed by atoms with van der Waals surface area (Å²) in [5.74, 6) is 0. The average Bonchev–Trinajstić information content (AvgIpc) is 1.65. The molecule has 0 aromatic heterocycles. The lowest BCUT2D eigenvalue weighted by Crippen LogP contribution is -2.09. The van der Waals surface area contributed by atoms with Crippen LogP contribution in [0, 0.1) is 0 Å². The fourth-order valence-electron chi connectivity index (χ4n) is 0.0535. The van der Waals surface area contributed by atoms with Gasteiger partial charge in [0, 0.05) is 0 Å². The minimum atomic E-state index is -2.15. The molecule has 0 aliphatic carbocycles. The van der Waals surface area contributed by atoms with Gasteiger partial charge >= 0.3 is 0 Å². The first-order chi connectivity index (χ1) is 3.18. The Morgan fingerprint density at radius 1 is 1.86 bits per heavy atom. The Balaban J connectivity index is 3.55. The molecule has 1 atom stereocenters. The standard InChI is InChI=1S/C3H2ClFO2/c4-3(7)2(5)1-6/h1-2H. The average molecular weight is 124 g/mol. The molecule has 0 aliphatic rings. The van der Waals surface area contributed by atoms with Crippen molar-refractivity contribution in [1.29, 1.82) is 0 Å². The van der Waals surface area contributed by atoms with Gasteiger partial charge in [-0.05, 0) is 11.6 Å². The number of alkyl halides is 1. The van der Waals surface area contributed by atoms with Gasteiger partial charge in [0.25, 0.3) is 5.24 Å². The lowest BCUT2D eigenvalue weighted by Gasteiger charge is -1.83. The SMILES string of the molecule is O=CC(F)C(=O)Cl. The predicted octanol–water partition coefficient (Wildman–Crippen LogP) is 0.289. The summed E-state index contributed by atoms with van der Waals surface area (Å²) in [5, 5.41) is -1.27. The zero-order chi connectivity index (χ0) is 5.86. The fraction of sp³-hybridized carbons (Fsp3) is 0.333. The highest BCUT2D eigenvalue weighted by molar-refractivity contribution is 6.65. The van der Waals surface area contributed by atoms with E-state index in [2.05, 4.69) is 11.6 Å². The van der Waals surface area contributed by atoms with Crippen LogP contribution < -0.4 is 0 Å². The molecule has 40 valence electrons. The second-order valence-corrected chi connectivity index (χ2v) is 1.21. The topological polar surface area (TPSA) is 34.1 Å². The minimum Gasteiger partial charge on any atom is -0.300 e.